The number of aromatic nitrogens is 2. The van der Waals surface area contributed by atoms with Crippen LogP contribution in [-0.2, 0) is 0 Å². The van der Waals surface area contributed by atoms with Crippen molar-refractivity contribution in [2.45, 2.75) is 19.8 Å². The Hall–Kier alpha value is -0.770. The van der Waals surface area contributed by atoms with Gasteiger partial charge in [-0.05, 0) is 18.7 Å². The third-order valence-electron chi connectivity index (χ3n) is 2.71. The lowest BCUT2D eigenvalue weighted by atomic mass is 10.2. The summed E-state index contributed by atoms with van der Waals surface area (Å²) in [6.45, 7) is 6.08. The van der Waals surface area contributed by atoms with Gasteiger partial charge in [0.25, 0.3) is 0 Å². The number of fused-ring (bicyclic) bond motifs is 1. The number of rotatable bonds is 4. The molecule has 0 aliphatic heterocycles. The Bertz CT molecular complexity index is 483. The Morgan fingerprint density at radius 1 is 1.35 bits per heavy atom. The fraction of sp³-hybridized carbons (Fsp3) is 0.417. The number of H-pyrrole nitrogens is 1. The molecule has 92 valence electrons. The van der Waals surface area contributed by atoms with Gasteiger partial charge in [0.05, 0.1) is 21.1 Å². The summed E-state index contributed by atoms with van der Waals surface area (Å²) in [7, 11) is 0. The molecule has 0 aliphatic carbocycles. The van der Waals surface area contributed by atoms with Crippen molar-refractivity contribution in [3.05, 3.63) is 28.0 Å². The molecule has 5 heteroatoms. The van der Waals surface area contributed by atoms with Crippen molar-refractivity contribution in [3.8, 4) is 0 Å². The zero-order valence-electron chi connectivity index (χ0n) is 9.85. The molecule has 2 rings (SSSR count). The first-order chi connectivity index (χ1) is 8.11. The van der Waals surface area contributed by atoms with E-state index in [0.29, 0.717) is 16.0 Å². The molecule has 1 aromatic carbocycles. The Morgan fingerprint density at radius 2 is 2.06 bits per heavy atom. The third-order valence-corrected chi connectivity index (χ3v) is 3.43. The van der Waals surface area contributed by atoms with E-state index in [2.05, 4.69) is 29.1 Å². The molecule has 0 saturated heterocycles. The third kappa shape index (κ3) is 2.73. The van der Waals surface area contributed by atoms with Crippen LogP contribution in [0, 0.1) is 0 Å². The van der Waals surface area contributed by atoms with Crippen LogP contribution in [-0.4, -0.2) is 23.1 Å². The molecule has 3 nitrogen and oxygen atoms in total. The summed E-state index contributed by atoms with van der Waals surface area (Å²) < 4.78 is 0. The van der Waals surface area contributed by atoms with E-state index in [0.717, 1.165) is 29.9 Å². The minimum atomic E-state index is 0.333. The van der Waals surface area contributed by atoms with Gasteiger partial charge in [0.2, 0.25) is 0 Å². The van der Waals surface area contributed by atoms with Gasteiger partial charge in [-0.2, -0.15) is 0 Å². The smallest absolute Gasteiger partial charge is 0.111 e. The molecule has 0 fully saturated rings. The predicted molar refractivity (Wildman–Crippen MR) is 73.1 cm³/mol. The van der Waals surface area contributed by atoms with E-state index >= 15 is 0 Å². The number of nitrogens with one attached hydrogen (secondary N) is 2. The quantitative estimate of drug-likeness (QED) is 0.893. The van der Waals surface area contributed by atoms with Gasteiger partial charge < -0.3 is 10.3 Å². The summed E-state index contributed by atoms with van der Waals surface area (Å²) in [5.41, 5.74) is 1.79. The summed E-state index contributed by atoms with van der Waals surface area (Å²) in [4.78, 5) is 7.81. The first-order valence-corrected chi connectivity index (χ1v) is 6.42. The lowest BCUT2D eigenvalue weighted by molar-refractivity contribution is 0.614. The van der Waals surface area contributed by atoms with E-state index < -0.39 is 0 Å². The number of aromatic amines is 1. The van der Waals surface area contributed by atoms with E-state index in [1.165, 1.54) is 0 Å². The van der Waals surface area contributed by atoms with Crippen LogP contribution in [0.4, 0.5) is 0 Å². The first kappa shape index (κ1) is 12.7. The highest BCUT2D eigenvalue weighted by Gasteiger charge is 2.11. The number of benzene rings is 1. The second kappa shape index (κ2) is 5.25. The van der Waals surface area contributed by atoms with Crippen LogP contribution < -0.4 is 5.32 Å². The van der Waals surface area contributed by atoms with Gasteiger partial charge >= 0.3 is 0 Å². The van der Waals surface area contributed by atoms with Crippen LogP contribution in [0.15, 0.2) is 12.1 Å². The highest BCUT2D eigenvalue weighted by Crippen LogP contribution is 2.27. The van der Waals surface area contributed by atoms with E-state index in [1.54, 1.807) is 6.07 Å². The SMILES string of the molecule is CCNCC(C)c1nc2cc(Cl)c(Cl)cc2[nH]1. The van der Waals surface area contributed by atoms with Gasteiger partial charge in [0.1, 0.15) is 5.82 Å². The lowest BCUT2D eigenvalue weighted by Crippen LogP contribution is -2.19. The van der Waals surface area contributed by atoms with Crippen LogP contribution in [0.2, 0.25) is 10.0 Å². The molecule has 0 aliphatic rings. The molecule has 0 radical (unpaired) electrons. The van der Waals surface area contributed by atoms with Crippen LogP contribution in [0.5, 0.6) is 0 Å². The standard InChI is InChI=1S/C12H15Cl2N3/c1-3-15-6-7(2)12-16-10-4-8(13)9(14)5-11(10)17-12/h4-5,7,15H,3,6H2,1-2H3,(H,16,17). The number of hydrogen-bond donors (Lipinski definition) is 2. The molecule has 1 atom stereocenters. The summed E-state index contributed by atoms with van der Waals surface area (Å²) in [5.74, 6) is 1.29. The molecule has 1 aromatic heterocycles. The molecular weight excluding hydrogens is 257 g/mol. The van der Waals surface area contributed by atoms with Crippen LogP contribution >= 0.6 is 23.2 Å². The second-order valence-electron chi connectivity index (χ2n) is 4.11. The Balaban J connectivity index is 2.31. The van der Waals surface area contributed by atoms with Crippen LogP contribution in [0.25, 0.3) is 11.0 Å². The predicted octanol–water partition coefficient (Wildman–Crippen LogP) is 3.58. The lowest BCUT2D eigenvalue weighted by Gasteiger charge is -2.07. The topological polar surface area (TPSA) is 40.7 Å². The highest BCUT2D eigenvalue weighted by atomic mass is 35.5. The number of hydrogen-bond acceptors (Lipinski definition) is 2. The van der Waals surface area contributed by atoms with Gasteiger partial charge in [-0.3, -0.25) is 0 Å². The maximum Gasteiger partial charge on any atom is 0.111 e. The minimum absolute atomic E-state index is 0.333. The zero-order chi connectivity index (χ0) is 12.4. The second-order valence-corrected chi connectivity index (χ2v) is 4.93. The monoisotopic (exact) mass is 271 g/mol. The average molecular weight is 272 g/mol. The van der Waals surface area contributed by atoms with Crippen molar-refractivity contribution < 1.29 is 0 Å². The fourth-order valence-electron chi connectivity index (χ4n) is 1.72. The van der Waals surface area contributed by atoms with Gasteiger partial charge in [-0.1, -0.05) is 37.0 Å². The Morgan fingerprint density at radius 3 is 2.76 bits per heavy atom. The number of likely N-dealkylation sites (N-methyl/N-ethyl adjacent to an activating group) is 1. The molecule has 2 aromatic rings. The van der Waals surface area contributed by atoms with Crippen molar-refractivity contribution in [3.63, 3.8) is 0 Å². The number of halogens is 2. The average Bonchev–Trinajstić information content (AvgIpc) is 2.69. The summed E-state index contributed by atoms with van der Waals surface area (Å²) in [6.07, 6.45) is 0. The van der Waals surface area contributed by atoms with Crippen LogP contribution in [0.1, 0.15) is 25.6 Å². The van der Waals surface area contributed by atoms with E-state index in [-0.39, 0.29) is 0 Å². The van der Waals surface area contributed by atoms with Gasteiger partial charge in [0.15, 0.2) is 0 Å². The maximum absolute atomic E-state index is 5.97. The molecule has 1 unspecified atom stereocenters. The van der Waals surface area contributed by atoms with Gasteiger partial charge in [0, 0.05) is 12.5 Å². The van der Waals surface area contributed by atoms with Crippen molar-refractivity contribution in [2.24, 2.45) is 0 Å². The van der Waals surface area contributed by atoms with Crippen molar-refractivity contribution in [2.75, 3.05) is 13.1 Å². The maximum atomic E-state index is 5.97. The Labute approximate surface area is 111 Å². The largest absolute Gasteiger partial charge is 0.342 e. The first-order valence-electron chi connectivity index (χ1n) is 5.67. The number of nitrogens with zero attached hydrogens (tertiary/aromatic N) is 1. The molecule has 0 spiro atoms. The summed E-state index contributed by atoms with van der Waals surface area (Å²) in [6, 6.07) is 3.61. The molecule has 0 bridgehead atoms. The molecule has 2 N–H and O–H groups in total. The summed E-state index contributed by atoms with van der Waals surface area (Å²) in [5, 5.41) is 4.39. The van der Waals surface area contributed by atoms with Gasteiger partial charge in [-0.15, -0.1) is 0 Å². The molecule has 17 heavy (non-hydrogen) atoms. The zero-order valence-corrected chi connectivity index (χ0v) is 11.4. The molecule has 1 heterocycles. The van der Waals surface area contributed by atoms with Crippen LogP contribution in [0.3, 0.4) is 0 Å². The summed E-state index contributed by atoms with van der Waals surface area (Å²) >= 11 is 11.9. The van der Waals surface area contributed by atoms with Gasteiger partial charge in [-0.25, -0.2) is 4.98 Å². The number of imidazole rings is 1. The molecule has 0 saturated carbocycles. The normalized spacial score (nSPS) is 13.2. The van der Waals surface area contributed by atoms with E-state index in [4.69, 9.17) is 23.2 Å². The fourth-order valence-corrected chi connectivity index (χ4v) is 2.04. The van der Waals surface area contributed by atoms with E-state index in [1.807, 2.05) is 6.07 Å². The van der Waals surface area contributed by atoms with Crippen molar-refractivity contribution in [1.82, 2.24) is 15.3 Å². The Kier molecular flexibility index (Phi) is 3.92. The van der Waals surface area contributed by atoms with Crippen molar-refractivity contribution in [1.29, 1.82) is 0 Å². The van der Waals surface area contributed by atoms with Crippen molar-refractivity contribution >= 4 is 34.2 Å². The van der Waals surface area contributed by atoms with E-state index in [9.17, 15) is 0 Å². The molecule has 0 amide bonds. The highest BCUT2D eigenvalue weighted by molar-refractivity contribution is 6.42. The minimum Gasteiger partial charge on any atom is -0.342 e. The molecular formula is C12H15Cl2N3.